The highest BCUT2D eigenvalue weighted by Gasteiger charge is 2.33. The first kappa shape index (κ1) is 13.0. The molecular weight excluding hydrogens is 226 g/mol. The van der Waals surface area contributed by atoms with Gasteiger partial charge in [-0.1, -0.05) is 6.42 Å². The zero-order chi connectivity index (χ0) is 13.0. The van der Waals surface area contributed by atoms with E-state index in [0.717, 1.165) is 24.9 Å². The van der Waals surface area contributed by atoms with Crippen LogP contribution in [0.5, 0.6) is 0 Å². The van der Waals surface area contributed by atoms with Gasteiger partial charge < -0.3 is 10.6 Å². The maximum atomic E-state index is 12.5. The summed E-state index contributed by atoms with van der Waals surface area (Å²) in [5.41, 5.74) is 6.52. The molecule has 18 heavy (non-hydrogen) atoms. The van der Waals surface area contributed by atoms with Gasteiger partial charge in [-0.2, -0.15) is 0 Å². The van der Waals surface area contributed by atoms with Crippen LogP contribution in [0.3, 0.4) is 0 Å². The topological polar surface area (TPSA) is 59.2 Å². The second kappa shape index (κ2) is 5.96. The maximum Gasteiger partial charge on any atom is 0.254 e. The van der Waals surface area contributed by atoms with E-state index in [9.17, 15) is 4.79 Å². The van der Waals surface area contributed by atoms with Gasteiger partial charge in [0, 0.05) is 30.5 Å². The molecule has 0 aliphatic heterocycles. The van der Waals surface area contributed by atoms with Crippen molar-refractivity contribution in [2.75, 3.05) is 13.1 Å². The lowest BCUT2D eigenvalue weighted by Gasteiger charge is -2.32. The van der Waals surface area contributed by atoms with E-state index in [2.05, 4.69) is 4.98 Å². The van der Waals surface area contributed by atoms with E-state index >= 15 is 0 Å². The highest BCUT2D eigenvalue weighted by Crippen LogP contribution is 2.30. The van der Waals surface area contributed by atoms with Crippen LogP contribution < -0.4 is 5.73 Å². The molecule has 1 aliphatic rings. The molecule has 2 unspecified atom stereocenters. The fraction of sp³-hybridized carbons (Fsp3) is 0.571. The predicted molar refractivity (Wildman–Crippen MR) is 71.1 cm³/mol. The number of nitrogens with zero attached hydrogens (tertiary/aromatic N) is 2. The molecule has 1 fully saturated rings. The molecular formula is C14H21N3O. The number of hydrogen-bond donors (Lipinski definition) is 1. The number of carbonyl (C=O) groups excluding carboxylic acids is 1. The molecule has 0 aromatic carbocycles. The zero-order valence-electron chi connectivity index (χ0n) is 10.9. The summed E-state index contributed by atoms with van der Waals surface area (Å²) >= 11 is 0. The smallest absolute Gasteiger partial charge is 0.254 e. The normalized spacial score (nSPS) is 23.0. The highest BCUT2D eigenvalue weighted by atomic mass is 16.2. The van der Waals surface area contributed by atoms with Gasteiger partial charge in [-0.3, -0.25) is 9.78 Å². The minimum atomic E-state index is 0.102. The molecule has 2 N–H and O–H groups in total. The van der Waals surface area contributed by atoms with E-state index in [4.69, 9.17) is 5.73 Å². The second-order valence-corrected chi connectivity index (χ2v) is 4.82. The second-order valence-electron chi connectivity index (χ2n) is 4.82. The van der Waals surface area contributed by atoms with Gasteiger partial charge in [-0.25, -0.2) is 0 Å². The summed E-state index contributed by atoms with van der Waals surface area (Å²) in [5, 5.41) is 0. The summed E-state index contributed by atoms with van der Waals surface area (Å²) in [4.78, 5) is 18.4. The average Bonchev–Trinajstić information content (AvgIpc) is 2.89. The third-order valence-corrected chi connectivity index (χ3v) is 3.85. The maximum absolute atomic E-state index is 12.5. The number of rotatable bonds is 4. The van der Waals surface area contributed by atoms with Gasteiger partial charge in [0.1, 0.15) is 0 Å². The monoisotopic (exact) mass is 247 g/mol. The fourth-order valence-electron chi connectivity index (χ4n) is 2.89. The molecule has 0 saturated heterocycles. The molecule has 4 nitrogen and oxygen atoms in total. The molecule has 1 amide bonds. The van der Waals surface area contributed by atoms with E-state index in [0.29, 0.717) is 18.5 Å². The first-order valence-corrected chi connectivity index (χ1v) is 6.69. The minimum absolute atomic E-state index is 0.102. The van der Waals surface area contributed by atoms with E-state index in [1.807, 2.05) is 11.8 Å². The Morgan fingerprint density at radius 2 is 2.17 bits per heavy atom. The lowest BCUT2D eigenvalue weighted by atomic mass is 10.0. The Hall–Kier alpha value is -1.42. The van der Waals surface area contributed by atoms with Crippen molar-refractivity contribution in [2.45, 2.75) is 32.2 Å². The van der Waals surface area contributed by atoms with Crippen molar-refractivity contribution in [1.82, 2.24) is 9.88 Å². The summed E-state index contributed by atoms with van der Waals surface area (Å²) < 4.78 is 0. The van der Waals surface area contributed by atoms with Crippen molar-refractivity contribution in [2.24, 2.45) is 11.7 Å². The number of amides is 1. The van der Waals surface area contributed by atoms with Gasteiger partial charge in [-0.15, -0.1) is 0 Å². The molecule has 1 aliphatic carbocycles. The number of pyridine rings is 1. The van der Waals surface area contributed by atoms with E-state index < -0.39 is 0 Å². The van der Waals surface area contributed by atoms with Gasteiger partial charge in [0.25, 0.3) is 5.91 Å². The van der Waals surface area contributed by atoms with Crippen molar-refractivity contribution in [1.29, 1.82) is 0 Å². The van der Waals surface area contributed by atoms with Crippen molar-refractivity contribution in [3.05, 3.63) is 30.1 Å². The van der Waals surface area contributed by atoms with Crippen LogP contribution in [0, 0.1) is 5.92 Å². The van der Waals surface area contributed by atoms with Crippen LogP contribution in [0.15, 0.2) is 24.5 Å². The quantitative estimate of drug-likeness (QED) is 0.880. The summed E-state index contributed by atoms with van der Waals surface area (Å²) in [5.74, 6) is 0.556. The molecule has 1 aromatic rings. The third kappa shape index (κ3) is 2.53. The summed E-state index contributed by atoms with van der Waals surface area (Å²) in [6, 6.07) is 3.86. The Balaban J connectivity index is 2.16. The number of nitrogens with two attached hydrogens (primary N) is 1. The molecule has 0 bridgehead atoms. The van der Waals surface area contributed by atoms with Crippen molar-refractivity contribution < 1.29 is 4.79 Å². The van der Waals surface area contributed by atoms with Crippen LogP contribution in [-0.4, -0.2) is 34.9 Å². The van der Waals surface area contributed by atoms with Gasteiger partial charge in [0.05, 0.1) is 0 Å². The molecule has 1 aromatic heterocycles. The summed E-state index contributed by atoms with van der Waals surface area (Å²) in [7, 11) is 0. The molecule has 1 heterocycles. The Morgan fingerprint density at radius 1 is 1.44 bits per heavy atom. The third-order valence-electron chi connectivity index (χ3n) is 3.85. The molecule has 2 rings (SSSR count). The molecule has 2 atom stereocenters. The molecule has 1 saturated carbocycles. The highest BCUT2D eigenvalue weighted by molar-refractivity contribution is 5.94. The molecule has 0 spiro atoms. The first-order valence-electron chi connectivity index (χ1n) is 6.69. The Bertz CT molecular complexity index is 393. The van der Waals surface area contributed by atoms with E-state index in [1.54, 1.807) is 24.5 Å². The van der Waals surface area contributed by atoms with Gasteiger partial charge in [0.2, 0.25) is 0 Å². The molecule has 0 radical (unpaired) electrons. The van der Waals surface area contributed by atoms with Crippen molar-refractivity contribution >= 4 is 5.91 Å². The van der Waals surface area contributed by atoms with Crippen LogP contribution in [0.25, 0.3) is 0 Å². The minimum Gasteiger partial charge on any atom is -0.336 e. The molecule has 4 heteroatoms. The largest absolute Gasteiger partial charge is 0.336 e. The van der Waals surface area contributed by atoms with Gasteiger partial charge in [0.15, 0.2) is 0 Å². The Labute approximate surface area is 108 Å². The van der Waals surface area contributed by atoms with Crippen LogP contribution in [0.2, 0.25) is 0 Å². The first-order chi connectivity index (χ1) is 8.77. The van der Waals surface area contributed by atoms with Crippen molar-refractivity contribution in [3.63, 3.8) is 0 Å². The van der Waals surface area contributed by atoms with Crippen LogP contribution >= 0.6 is 0 Å². The van der Waals surface area contributed by atoms with Gasteiger partial charge in [-0.05, 0) is 44.4 Å². The van der Waals surface area contributed by atoms with Crippen LogP contribution in [0.1, 0.15) is 36.5 Å². The number of aromatic nitrogens is 1. The SMILES string of the molecule is CCN(C(=O)c1ccncc1)C1CCCC1CN. The predicted octanol–water partition coefficient (Wildman–Crippen LogP) is 1.67. The lowest BCUT2D eigenvalue weighted by Crippen LogP contribution is -2.44. The number of carbonyl (C=O) groups is 1. The van der Waals surface area contributed by atoms with E-state index in [1.165, 1.54) is 6.42 Å². The number of hydrogen-bond acceptors (Lipinski definition) is 3. The summed E-state index contributed by atoms with van der Waals surface area (Å²) in [6.45, 7) is 3.44. The lowest BCUT2D eigenvalue weighted by molar-refractivity contribution is 0.0652. The Kier molecular flexibility index (Phi) is 4.31. The fourth-order valence-corrected chi connectivity index (χ4v) is 2.89. The van der Waals surface area contributed by atoms with E-state index in [-0.39, 0.29) is 5.91 Å². The van der Waals surface area contributed by atoms with Crippen LogP contribution in [-0.2, 0) is 0 Å². The van der Waals surface area contributed by atoms with Crippen molar-refractivity contribution in [3.8, 4) is 0 Å². The summed E-state index contributed by atoms with van der Waals surface area (Å²) in [6.07, 6.45) is 6.72. The zero-order valence-corrected chi connectivity index (χ0v) is 10.9. The van der Waals surface area contributed by atoms with Gasteiger partial charge >= 0.3 is 0 Å². The Morgan fingerprint density at radius 3 is 2.78 bits per heavy atom. The van der Waals surface area contributed by atoms with Crippen LogP contribution in [0.4, 0.5) is 0 Å². The standard InChI is InChI=1S/C14H21N3O/c1-2-17(13-5-3-4-12(13)10-15)14(18)11-6-8-16-9-7-11/h6-9,12-13H,2-5,10,15H2,1H3. The molecule has 98 valence electrons. The average molecular weight is 247 g/mol.